The van der Waals surface area contributed by atoms with Crippen molar-refractivity contribution in [1.82, 2.24) is 9.88 Å². The van der Waals surface area contributed by atoms with Crippen molar-refractivity contribution in [2.24, 2.45) is 5.92 Å². The van der Waals surface area contributed by atoms with Crippen LogP contribution in [-0.2, 0) is 4.79 Å². The minimum Gasteiger partial charge on any atom is -0.480 e. The molecule has 5 heteroatoms. The number of nitrogens with zero attached hydrogens (tertiary/aromatic N) is 2. The first-order chi connectivity index (χ1) is 8.63. The normalized spacial score (nSPS) is 19.8. The van der Waals surface area contributed by atoms with Crippen LogP contribution in [0.3, 0.4) is 0 Å². The van der Waals surface area contributed by atoms with Crippen LogP contribution in [0.15, 0.2) is 18.3 Å². The Kier molecular flexibility index (Phi) is 3.60. The molecular weight excluding hydrogens is 232 g/mol. The van der Waals surface area contributed by atoms with Crippen LogP contribution in [0.4, 0.5) is 0 Å². The molecule has 1 amide bonds. The third-order valence-electron chi connectivity index (χ3n) is 3.15. The summed E-state index contributed by atoms with van der Waals surface area (Å²) < 4.78 is 5.08. The number of ether oxygens (including phenoxy) is 1. The van der Waals surface area contributed by atoms with Crippen molar-refractivity contribution >= 4 is 11.7 Å². The van der Waals surface area contributed by atoms with Gasteiger partial charge in [0, 0.05) is 31.6 Å². The van der Waals surface area contributed by atoms with E-state index in [0.29, 0.717) is 31.0 Å². The lowest BCUT2D eigenvalue weighted by Gasteiger charge is -2.30. The average molecular weight is 248 g/mol. The van der Waals surface area contributed by atoms with E-state index in [4.69, 9.17) is 4.74 Å². The van der Waals surface area contributed by atoms with E-state index in [0.717, 1.165) is 0 Å². The number of likely N-dealkylation sites (tertiary alicyclic amines) is 1. The molecule has 2 rings (SSSR count). The fourth-order valence-corrected chi connectivity index (χ4v) is 2.09. The van der Waals surface area contributed by atoms with Crippen molar-refractivity contribution in [3.05, 3.63) is 23.9 Å². The monoisotopic (exact) mass is 248 g/mol. The summed E-state index contributed by atoms with van der Waals surface area (Å²) in [4.78, 5) is 29.5. The van der Waals surface area contributed by atoms with Crippen molar-refractivity contribution in [3.63, 3.8) is 0 Å². The van der Waals surface area contributed by atoms with Crippen LogP contribution < -0.4 is 4.74 Å². The lowest BCUT2D eigenvalue weighted by Crippen LogP contribution is -2.43. The number of carbonyl (C=O) groups excluding carboxylic acids is 2. The van der Waals surface area contributed by atoms with Gasteiger partial charge in [-0.2, -0.15) is 0 Å². The Morgan fingerprint density at radius 1 is 1.56 bits per heavy atom. The second-order valence-corrected chi connectivity index (χ2v) is 4.43. The third kappa shape index (κ3) is 2.34. The highest BCUT2D eigenvalue weighted by Crippen LogP contribution is 2.20. The quantitative estimate of drug-likeness (QED) is 0.787. The Labute approximate surface area is 106 Å². The first-order valence-electron chi connectivity index (χ1n) is 5.94. The van der Waals surface area contributed by atoms with Crippen molar-refractivity contribution in [2.75, 3.05) is 20.2 Å². The summed E-state index contributed by atoms with van der Waals surface area (Å²) in [6.45, 7) is 2.79. The molecule has 1 saturated heterocycles. The van der Waals surface area contributed by atoms with Crippen molar-refractivity contribution in [3.8, 4) is 5.88 Å². The number of rotatable bonds is 2. The van der Waals surface area contributed by atoms with Crippen LogP contribution in [0, 0.1) is 5.92 Å². The topological polar surface area (TPSA) is 59.5 Å². The second kappa shape index (κ2) is 5.16. The van der Waals surface area contributed by atoms with Gasteiger partial charge in [0.1, 0.15) is 11.3 Å². The van der Waals surface area contributed by atoms with Gasteiger partial charge in [0.25, 0.3) is 5.91 Å². The zero-order valence-corrected chi connectivity index (χ0v) is 10.5. The molecule has 1 fully saturated rings. The molecule has 0 saturated carbocycles. The van der Waals surface area contributed by atoms with Gasteiger partial charge in [0.05, 0.1) is 7.11 Å². The molecule has 2 heterocycles. The first-order valence-corrected chi connectivity index (χ1v) is 5.94. The van der Waals surface area contributed by atoms with Crippen molar-refractivity contribution in [1.29, 1.82) is 0 Å². The van der Waals surface area contributed by atoms with Gasteiger partial charge in [0.15, 0.2) is 0 Å². The van der Waals surface area contributed by atoms with Gasteiger partial charge in [-0.05, 0) is 12.1 Å². The van der Waals surface area contributed by atoms with Gasteiger partial charge in [-0.3, -0.25) is 9.59 Å². The van der Waals surface area contributed by atoms with E-state index < -0.39 is 0 Å². The Morgan fingerprint density at radius 3 is 3.00 bits per heavy atom. The van der Waals surface area contributed by atoms with E-state index >= 15 is 0 Å². The number of carbonyl (C=O) groups is 2. The SMILES string of the molecule is COc1ncccc1C(=O)N1CCC(=O)C(C)C1. The van der Waals surface area contributed by atoms with E-state index in [9.17, 15) is 9.59 Å². The molecule has 1 aliphatic heterocycles. The molecule has 0 N–H and O–H groups in total. The summed E-state index contributed by atoms with van der Waals surface area (Å²) >= 11 is 0. The van der Waals surface area contributed by atoms with Gasteiger partial charge in [-0.1, -0.05) is 6.92 Å². The van der Waals surface area contributed by atoms with Crippen LogP contribution in [0.5, 0.6) is 5.88 Å². The van der Waals surface area contributed by atoms with Crippen molar-refractivity contribution < 1.29 is 14.3 Å². The summed E-state index contributed by atoms with van der Waals surface area (Å²) in [6, 6.07) is 3.39. The maximum Gasteiger partial charge on any atom is 0.259 e. The maximum absolute atomic E-state index is 12.3. The molecule has 1 atom stereocenters. The summed E-state index contributed by atoms with van der Waals surface area (Å²) in [7, 11) is 1.49. The maximum atomic E-state index is 12.3. The van der Waals surface area contributed by atoms with Crippen molar-refractivity contribution in [2.45, 2.75) is 13.3 Å². The number of amides is 1. The number of methoxy groups -OCH3 is 1. The van der Waals surface area contributed by atoms with Crippen LogP contribution in [0.25, 0.3) is 0 Å². The second-order valence-electron chi connectivity index (χ2n) is 4.43. The number of Topliss-reactive ketones (excluding diaryl/α,β-unsaturated/α-hetero) is 1. The van der Waals surface area contributed by atoms with Gasteiger partial charge in [-0.25, -0.2) is 4.98 Å². The molecular formula is C13H16N2O3. The summed E-state index contributed by atoms with van der Waals surface area (Å²) in [5.41, 5.74) is 0.446. The van der Waals surface area contributed by atoms with E-state index in [2.05, 4.69) is 4.98 Å². The molecule has 1 unspecified atom stereocenters. The zero-order valence-electron chi connectivity index (χ0n) is 10.5. The number of hydrogen-bond acceptors (Lipinski definition) is 4. The minimum absolute atomic E-state index is 0.0923. The molecule has 96 valence electrons. The van der Waals surface area contributed by atoms with E-state index in [1.54, 1.807) is 23.2 Å². The molecule has 0 aliphatic carbocycles. The number of piperidine rings is 1. The highest BCUT2D eigenvalue weighted by atomic mass is 16.5. The number of hydrogen-bond donors (Lipinski definition) is 0. The van der Waals surface area contributed by atoms with Gasteiger partial charge in [0.2, 0.25) is 5.88 Å². The lowest BCUT2D eigenvalue weighted by molar-refractivity contribution is -0.124. The Balaban J connectivity index is 2.19. The highest BCUT2D eigenvalue weighted by molar-refractivity contribution is 5.97. The van der Waals surface area contributed by atoms with Crippen LogP contribution >= 0.6 is 0 Å². The summed E-state index contributed by atoms with van der Waals surface area (Å²) in [6.07, 6.45) is 2.01. The molecule has 0 aromatic carbocycles. The molecule has 5 nitrogen and oxygen atoms in total. The van der Waals surface area contributed by atoms with Gasteiger partial charge < -0.3 is 9.64 Å². The Bertz CT molecular complexity index is 473. The summed E-state index contributed by atoms with van der Waals surface area (Å²) in [5, 5.41) is 0. The van der Waals surface area contributed by atoms with Crippen LogP contribution in [0.1, 0.15) is 23.7 Å². The van der Waals surface area contributed by atoms with E-state index in [-0.39, 0.29) is 17.6 Å². The largest absolute Gasteiger partial charge is 0.480 e. The smallest absolute Gasteiger partial charge is 0.259 e. The first kappa shape index (κ1) is 12.5. The molecule has 1 aliphatic rings. The fourth-order valence-electron chi connectivity index (χ4n) is 2.09. The molecule has 0 bridgehead atoms. The molecule has 0 radical (unpaired) electrons. The molecule has 1 aromatic heterocycles. The zero-order chi connectivity index (χ0) is 13.1. The molecule has 0 spiro atoms. The highest BCUT2D eigenvalue weighted by Gasteiger charge is 2.28. The van der Waals surface area contributed by atoms with E-state index in [1.807, 2.05) is 6.92 Å². The number of ketones is 1. The predicted octanol–water partition coefficient (Wildman–Crippen LogP) is 1.14. The summed E-state index contributed by atoms with van der Waals surface area (Å²) in [5.74, 6) is 0.328. The average Bonchev–Trinajstić information content (AvgIpc) is 2.41. The fraction of sp³-hybridized carbons (Fsp3) is 0.462. The predicted molar refractivity (Wildman–Crippen MR) is 65.5 cm³/mol. The molecule has 18 heavy (non-hydrogen) atoms. The third-order valence-corrected chi connectivity index (χ3v) is 3.15. The van der Waals surface area contributed by atoms with E-state index in [1.165, 1.54) is 7.11 Å². The lowest BCUT2D eigenvalue weighted by atomic mass is 9.98. The Hall–Kier alpha value is -1.91. The van der Waals surface area contributed by atoms with Gasteiger partial charge in [-0.15, -0.1) is 0 Å². The van der Waals surface area contributed by atoms with Crippen LogP contribution in [-0.4, -0.2) is 41.8 Å². The number of pyridine rings is 1. The standard InChI is InChI=1S/C13H16N2O3/c1-9-8-15(7-5-11(9)16)13(17)10-4-3-6-14-12(10)18-2/h3-4,6,9H,5,7-8H2,1-2H3. The van der Waals surface area contributed by atoms with Crippen LogP contribution in [0.2, 0.25) is 0 Å². The van der Waals surface area contributed by atoms with Gasteiger partial charge >= 0.3 is 0 Å². The molecule has 1 aromatic rings. The number of aromatic nitrogens is 1. The minimum atomic E-state index is -0.126. The Morgan fingerprint density at radius 2 is 2.33 bits per heavy atom.